The van der Waals surface area contributed by atoms with Gasteiger partial charge in [-0.2, -0.15) is 0 Å². The van der Waals surface area contributed by atoms with E-state index in [-0.39, 0.29) is 5.91 Å². The number of halogens is 2. The molecule has 1 aromatic carbocycles. The van der Waals surface area contributed by atoms with Gasteiger partial charge in [-0.1, -0.05) is 27.5 Å². The van der Waals surface area contributed by atoms with Crippen LogP contribution in [0.2, 0.25) is 5.02 Å². The number of carbonyl (C=O) groups is 1. The van der Waals surface area contributed by atoms with Crippen LogP contribution in [0.3, 0.4) is 0 Å². The molecule has 0 saturated heterocycles. The molecule has 0 N–H and O–H groups in total. The van der Waals surface area contributed by atoms with Crippen LogP contribution in [0.25, 0.3) is 0 Å². The lowest BCUT2D eigenvalue weighted by molar-refractivity contribution is 0.0717. The molecule has 3 rings (SSSR count). The second-order valence-corrected chi connectivity index (χ2v) is 6.69. The van der Waals surface area contributed by atoms with Crippen molar-refractivity contribution in [3.8, 4) is 0 Å². The van der Waals surface area contributed by atoms with Gasteiger partial charge in [0.15, 0.2) is 0 Å². The topological polar surface area (TPSA) is 33.5 Å². The van der Waals surface area contributed by atoms with Crippen LogP contribution in [0.15, 0.2) is 39.2 Å². The van der Waals surface area contributed by atoms with Crippen LogP contribution in [-0.4, -0.2) is 16.8 Å². The summed E-state index contributed by atoms with van der Waals surface area (Å²) in [6.45, 7) is 2.41. The van der Waals surface area contributed by atoms with Gasteiger partial charge in [0.05, 0.1) is 6.54 Å². The highest BCUT2D eigenvalue weighted by molar-refractivity contribution is 9.10. The lowest BCUT2D eigenvalue weighted by Gasteiger charge is -2.21. The van der Waals surface area contributed by atoms with Crippen molar-refractivity contribution in [2.24, 2.45) is 0 Å². The summed E-state index contributed by atoms with van der Waals surface area (Å²) in [4.78, 5) is 14.6. The van der Waals surface area contributed by atoms with Crippen molar-refractivity contribution in [1.82, 2.24) is 4.90 Å². The van der Waals surface area contributed by atoms with Gasteiger partial charge in [-0.25, -0.2) is 0 Å². The van der Waals surface area contributed by atoms with Gasteiger partial charge < -0.3 is 9.32 Å². The van der Waals surface area contributed by atoms with Crippen LogP contribution in [0.1, 0.15) is 34.7 Å². The Bertz CT molecular complexity index is 658. The summed E-state index contributed by atoms with van der Waals surface area (Å²) in [6.07, 6.45) is 2.10. The van der Waals surface area contributed by atoms with Crippen molar-refractivity contribution in [3.63, 3.8) is 0 Å². The summed E-state index contributed by atoms with van der Waals surface area (Å²) in [5, 5.41) is 0.553. The predicted molar refractivity (Wildman–Crippen MR) is 85.5 cm³/mol. The van der Waals surface area contributed by atoms with E-state index in [0.717, 1.165) is 28.8 Å². The second kappa shape index (κ2) is 5.85. The van der Waals surface area contributed by atoms with Crippen molar-refractivity contribution in [2.75, 3.05) is 0 Å². The third-order valence-electron chi connectivity index (χ3n) is 3.48. The monoisotopic (exact) mass is 367 g/mol. The van der Waals surface area contributed by atoms with Gasteiger partial charge in [0.25, 0.3) is 5.91 Å². The Labute approximate surface area is 137 Å². The Morgan fingerprint density at radius 1 is 1.38 bits per heavy atom. The number of carbonyl (C=O) groups excluding carboxylic acids is 1. The number of rotatable bonds is 4. The summed E-state index contributed by atoms with van der Waals surface area (Å²) in [6, 6.07) is 9.43. The molecular formula is C16H15BrClNO2. The van der Waals surface area contributed by atoms with E-state index in [1.54, 1.807) is 18.2 Å². The average Bonchev–Trinajstić information content (AvgIpc) is 3.17. The zero-order valence-corrected chi connectivity index (χ0v) is 13.9. The number of nitrogens with zero attached hydrogens (tertiary/aromatic N) is 1. The fraction of sp³-hybridized carbons (Fsp3) is 0.312. The number of furan rings is 1. The molecule has 21 heavy (non-hydrogen) atoms. The normalized spacial score (nSPS) is 14.2. The summed E-state index contributed by atoms with van der Waals surface area (Å²) >= 11 is 9.42. The highest BCUT2D eigenvalue weighted by Gasteiger charge is 2.33. The molecule has 1 saturated carbocycles. The zero-order valence-electron chi connectivity index (χ0n) is 11.6. The molecule has 110 valence electrons. The maximum atomic E-state index is 12.7. The Kier molecular flexibility index (Phi) is 4.09. The van der Waals surface area contributed by atoms with Gasteiger partial charge in [0.1, 0.15) is 11.5 Å². The highest BCUT2D eigenvalue weighted by atomic mass is 79.9. The fourth-order valence-electron chi connectivity index (χ4n) is 2.33. The van der Waals surface area contributed by atoms with E-state index in [2.05, 4.69) is 15.9 Å². The molecule has 1 aromatic heterocycles. The van der Waals surface area contributed by atoms with Crippen molar-refractivity contribution in [1.29, 1.82) is 0 Å². The SMILES string of the molecule is Cc1ccc(CN(C(=O)c2cc(Cl)cc(Br)c2)C2CC2)o1. The molecule has 1 heterocycles. The third-order valence-corrected chi connectivity index (χ3v) is 4.16. The van der Waals surface area contributed by atoms with Crippen molar-refractivity contribution < 1.29 is 9.21 Å². The molecule has 5 heteroatoms. The van der Waals surface area contributed by atoms with Crippen LogP contribution in [0, 0.1) is 6.92 Å². The van der Waals surface area contributed by atoms with Gasteiger partial charge in [0, 0.05) is 21.1 Å². The van der Waals surface area contributed by atoms with Crippen molar-refractivity contribution in [2.45, 2.75) is 32.4 Å². The number of hydrogen-bond acceptors (Lipinski definition) is 2. The minimum atomic E-state index is -0.00486. The lowest BCUT2D eigenvalue weighted by atomic mass is 10.2. The molecule has 0 spiro atoms. The Hall–Kier alpha value is -1.26. The fourth-order valence-corrected chi connectivity index (χ4v) is 3.19. The Morgan fingerprint density at radius 3 is 2.71 bits per heavy atom. The first-order valence-corrected chi connectivity index (χ1v) is 8.02. The highest BCUT2D eigenvalue weighted by Crippen LogP contribution is 2.31. The summed E-state index contributed by atoms with van der Waals surface area (Å²) in [5.74, 6) is 1.67. The number of hydrogen-bond donors (Lipinski definition) is 0. The van der Waals surface area contributed by atoms with E-state index < -0.39 is 0 Å². The average molecular weight is 369 g/mol. The van der Waals surface area contributed by atoms with Crippen LogP contribution < -0.4 is 0 Å². The number of amides is 1. The van der Waals surface area contributed by atoms with Gasteiger partial charge in [-0.3, -0.25) is 4.79 Å². The first-order chi connectivity index (χ1) is 10.0. The van der Waals surface area contributed by atoms with Crippen LogP contribution in [-0.2, 0) is 6.54 Å². The molecule has 0 unspecified atom stereocenters. The van der Waals surface area contributed by atoms with Crippen molar-refractivity contribution in [3.05, 3.63) is 56.9 Å². The van der Waals surface area contributed by atoms with Gasteiger partial charge in [0.2, 0.25) is 0 Å². The molecule has 2 aromatic rings. The van der Waals surface area contributed by atoms with E-state index in [1.165, 1.54) is 0 Å². The largest absolute Gasteiger partial charge is 0.464 e. The molecule has 0 atom stereocenters. The van der Waals surface area contributed by atoms with E-state index in [4.69, 9.17) is 16.0 Å². The van der Waals surface area contributed by atoms with Crippen LogP contribution >= 0.6 is 27.5 Å². The molecule has 0 bridgehead atoms. The maximum absolute atomic E-state index is 12.7. The molecule has 3 nitrogen and oxygen atoms in total. The van der Waals surface area contributed by atoms with E-state index >= 15 is 0 Å². The summed E-state index contributed by atoms with van der Waals surface area (Å²) in [5.41, 5.74) is 0.601. The maximum Gasteiger partial charge on any atom is 0.254 e. The molecule has 1 fully saturated rings. The lowest BCUT2D eigenvalue weighted by Crippen LogP contribution is -2.32. The number of benzene rings is 1. The molecule has 1 amide bonds. The smallest absolute Gasteiger partial charge is 0.254 e. The Balaban J connectivity index is 1.84. The molecular weight excluding hydrogens is 354 g/mol. The first-order valence-electron chi connectivity index (χ1n) is 6.85. The quantitative estimate of drug-likeness (QED) is 0.776. The first kappa shape index (κ1) is 14.7. The van der Waals surface area contributed by atoms with E-state index in [0.29, 0.717) is 23.2 Å². The standard InChI is InChI=1S/C16H15BrClNO2/c1-10-2-5-15(21-10)9-19(14-3-4-14)16(20)11-6-12(17)8-13(18)7-11/h2,5-8,14H,3-4,9H2,1H3. The minimum absolute atomic E-state index is 0.00486. The summed E-state index contributed by atoms with van der Waals surface area (Å²) in [7, 11) is 0. The molecule has 0 aliphatic heterocycles. The zero-order chi connectivity index (χ0) is 15.0. The van der Waals surface area contributed by atoms with E-state index in [9.17, 15) is 4.79 Å². The molecule has 1 aliphatic rings. The van der Waals surface area contributed by atoms with Gasteiger partial charge in [-0.05, 0) is 50.1 Å². The van der Waals surface area contributed by atoms with Gasteiger partial charge in [-0.15, -0.1) is 0 Å². The van der Waals surface area contributed by atoms with Crippen molar-refractivity contribution >= 4 is 33.4 Å². The minimum Gasteiger partial charge on any atom is -0.464 e. The molecule has 0 radical (unpaired) electrons. The predicted octanol–water partition coefficient (Wildman–Crippen LogP) is 4.81. The number of aryl methyl sites for hydroxylation is 1. The van der Waals surface area contributed by atoms with E-state index in [1.807, 2.05) is 24.0 Å². The van der Waals surface area contributed by atoms with Crippen LogP contribution in [0.5, 0.6) is 0 Å². The van der Waals surface area contributed by atoms with Gasteiger partial charge >= 0.3 is 0 Å². The Morgan fingerprint density at radius 2 is 2.14 bits per heavy atom. The third kappa shape index (κ3) is 3.50. The summed E-state index contributed by atoms with van der Waals surface area (Å²) < 4.78 is 6.40. The van der Waals surface area contributed by atoms with Crippen LogP contribution in [0.4, 0.5) is 0 Å². The second-order valence-electron chi connectivity index (χ2n) is 5.33. The molecule has 1 aliphatic carbocycles.